The van der Waals surface area contributed by atoms with Gasteiger partial charge >= 0.3 is 0 Å². The molecule has 0 atom stereocenters. The summed E-state index contributed by atoms with van der Waals surface area (Å²) in [5.74, 6) is 0.208. The number of rotatable bonds is 4. The van der Waals surface area contributed by atoms with E-state index in [1.165, 1.54) is 0 Å². The van der Waals surface area contributed by atoms with Crippen LogP contribution in [0.5, 0.6) is 5.75 Å². The van der Waals surface area contributed by atoms with E-state index in [1.54, 1.807) is 37.5 Å². The van der Waals surface area contributed by atoms with Crippen LogP contribution >= 0.6 is 11.6 Å². The number of aromatic hydroxyl groups is 1. The van der Waals surface area contributed by atoms with Crippen LogP contribution in [-0.4, -0.2) is 24.7 Å². The second kappa shape index (κ2) is 9.58. The van der Waals surface area contributed by atoms with Gasteiger partial charge in [-0.3, -0.25) is 0 Å². The molecule has 0 saturated carbocycles. The van der Waals surface area contributed by atoms with Crippen molar-refractivity contribution in [2.45, 2.75) is 13.3 Å². The van der Waals surface area contributed by atoms with Crippen LogP contribution < -0.4 is 5.43 Å². The second-order valence-electron chi connectivity index (χ2n) is 4.50. The number of phenols is 1. The van der Waals surface area contributed by atoms with Crippen molar-refractivity contribution in [3.05, 3.63) is 64.2 Å². The lowest BCUT2D eigenvalue weighted by atomic mass is 10.1. The third-order valence-electron chi connectivity index (χ3n) is 2.78. The van der Waals surface area contributed by atoms with Crippen LogP contribution in [-0.2, 0) is 11.2 Å². The Morgan fingerprint density at radius 1 is 1.27 bits per heavy atom. The highest BCUT2D eigenvalue weighted by Gasteiger charge is 1.98. The number of phenolic OH excluding ortho intramolecular Hbond substituents is 1. The molecule has 0 aliphatic rings. The van der Waals surface area contributed by atoms with Crippen LogP contribution in [0, 0.1) is 6.92 Å². The molecule has 0 radical (unpaired) electrons. The van der Waals surface area contributed by atoms with Crippen molar-refractivity contribution in [3.8, 4) is 5.75 Å². The number of hydrogen-bond donors (Lipinski definition) is 2. The highest BCUT2D eigenvalue weighted by atomic mass is 35.5. The minimum absolute atomic E-state index is 0.208. The van der Waals surface area contributed by atoms with Crippen LogP contribution in [0.15, 0.2) is 47.6 Å². The summed E-state index contributed by atoms with van der Waals surface area (Å²) in [5, 5.41) is 13.6. The summed E-state index contributed by atoms with van der Waals surface area (Å²) >= 11 is 6.01. The predicted molar refractivity (Wildman–Crippen MR) is 90.7 cm³/mol. The first-order valence-electron chi connectivity index (χ1n) is 6.75. The molecule has 4 nitrogen and oxygen atoms in total. The average molecular weight is 319 g/mol. The Kier molecular flexibility index (Phi) is 7.72. The zero-order valence-corrected chi connectivity index (χ0v) is 13.3. The second-order valence-corrected chi connectivity index (χ2v) is 4.88. The summed E-state index contributed by atoms with van der Waals surface area (Å²) in [6, 6.07) is 12.5. The van der Waals surface area contributed by atoms with E-state index in [0.29, 0.717) is 6.42 Å². The lowest BCUT2D eigenvalue weighted by molar-refractivity contribution is -0.107. The molecule has 0 fully saturated rings. The molecule has 0 aliphatic carbocycles. The van der Waals surface area contributed by atoms with Gasteiger partial charge in [0, 0.05) is 19.0 Å². The molecular formula is C17H19ClN2O2. The van der Waals surface area contributed by atoms with Gasteiger partial charge in [-0.25, -0.2) is 0 Å². The lowest BCUT2D eigenvalue weighted by Gasteiger charge is -2.00. The highest BCUT2D eigenvalue weighted by molar-refractivity contribution is 6.33. The number of halogens is 1. The Morgan fingerprint density at radius 2 is 2.00 bits per heavy atom. The van der Waals surface area contributed by atoms with Crippen molar-refractivity contribution in [1.82, 2.24) is 5.43 Å². The third-order valence-corrected chi connectivity index (χ3v) is 3.30. The predicted octanol–water partition coefficient (Wildman–Crippen LogP) is 3.34. The van der Waals surface area contributed by atoms with E-state index in [0.717, 1.165) is 28.0 Å². The van der Waals surface area contributed by atoms with E-state index in [4.69, 9.17) is 16.7 Å². The number of benzene rings is 2. The molecule has 0 spiro atoms. The quantitative estimate of drug-likeness (QED) is 0.516. The molecule has 0 saturated heterocycles. The molecule has 0 bridgehead atoms. The zero-order chi connectivity index (χ0) is 16.4. The number of carbonyl (C=O) groups excluding carboxylic acids is 1. The van der Waals surface area contributed by atoms with Gasteiger partial charge in [-0.05, 0) is 30.2 Å². The number of nitrogens with zero attached hydrogens (tertiary/aromatic N) is 1. The molecule has 2 aromatic rings. The Hall–Kier alpha value is -2.33. The maximum atomic E-state index is 10.0. The molecule has 2 N–H and O–H groups in total. The first-order chi connectivity index (χ1) is 10.6. The van der Waals surface area contributed by atoms with Crippen LogP contribution in [0.2, 0.25) is 5.02 Å². The first kappa shape index (κ1) is 17.7. The normalized spacial score (nSPS) is 9.95. The van der Waals surface area contributed by atoms with E-state index < -0.39 is 0 Å². The van der Waals surface area contributed by atoms with Crippen molar-refractivity contribution in [2.24, 2.45) is 5.10 Å². The summed E-state index contributed by atoms with van der Waals surface area (Å²) in [5.41, 5.74) is 5.52. The number of carbonyl (C=O) groups is 1. The fraction of sp³-hybridized carbons (Fsp3) is 0.176. The zero-order valence-electron chi connectivity index (χ0n) is 12.6. The average Bonchev–Trinajstić information content (AvgIpc) is 2.50. The van der Waals surface area contributed by atoms with E-state index in [9.17, 15) is 4.79 Å². The van der Waals surface area contributed by atoms with Gasteiger partial charge in [0.2, 0.25) is 0 Å². The summed E-state index contributed by atoms with van der Waals surface area (Å²) < 4.78 is 0. The molecular weight excluding hydrogens is 300 g/mol. The molecule has 0 aliphatic heterocycles. The van der Waals surface area contributed by atoms with Gasteiger partial charge in [-0.15, -0.1) is 0 Å². The number of hydrazone groups is 1. The van der Waals surface area contributed by atoms with Gasteiger partial charge in [0.25, 0.3) is 0 Å². The molecule has 0 aromatic heterocycles. The number of aldehydes is 1. The van der Waals surface area contributed by atoms with Crippen molar-refractivity contribution in [1.29, 1.82) is 0 Å². The summed E-state index contributed by atoms with van der Waals surface area (Å²) in [6.07, 6.45) is 2.89. The summed E-state index contributed by atoms with van der Waals surface area (Å²) in [6.45, 7) is 1.97. The SMILES string of the molecule is CN/N=C/c1cccc(C)c1Cl.O=CCc1cccc(O)c1. The fourth-order valence-electron chi connectivity index (χ4n) is 1.68. The molecule has 0 heterocycles. The molecule has 5 heteroatoms. The van der Waals surface area contributed by atoms with Gasteiger partial charge in [0.05, 0.1) is 11.2 Å². The third kappa shape index (κ3) is 5.97. The topological polar surface area (TPSA) is 61.7 Å². The van der Waals surface area contributed by atoms with Crippen LogP contribution in [0.3, 0.4) is 0 Å². The van der Waals surface area contributed by atoms with E-state index in [1.807, 2.05) is 25.1 Å². The molecule has 0 amide bonds. The van der Waals surface area contributed by atoms with Gasteiger partial charge < -0.3 is 15.3 Å². The minimum atomic E-state index is 0.208. The monoisotopic (exact) mass is 318 g/mol. The molecule has 0 unspecified atom stereocenters. The highest BCUT2D eigenvalue weighted by Crippen LogP contribution is 2.18. The Bertz CT molecular complexity index is 642. The molecule has 2 aromatic carbocycles. The van der Waals surface area contributed by atoms with E-state index in [-0.39, 0.29) is 5.75 Å². The molecule has 2 rings (SSSR count). The van der Waals surface area contributed by atoms with Gasteiger partial charge in [0.1, 0.15) is 12.0 Å². The Balaban J connectivity index is 0.000000224. The number of aryl methyl sites for hydroxylation is 1. The summed E-state index contributed by atoms with van der Waals surface area (Å²) in [4.78, 5) is 10.0. The number of nitrogens with one attached hydrogen (secondary N) is 1. The van der Waals surface area contributed by atoms with Crippen molar-refractivity contribution in [2.75, 3.05) is 7.05 Å². The van der Waals surface area contributed by atoms with Gasteiger partial charge in [-0.2, -0.15) is 5.10 Å². The Morgan fingerprint density at radius 3 is 2.64 bits per heavy atom. The minimum Gasteiger partial charge on any atom is -0.508 e. The van der Waals surface area contributed by atoms with E-state index in [2.05, 4.69) is 10.5 Å². The standard InChI is InChI=1S/C9H11ClN2.C8H8O2/c1-7-4-3-5-8(9(7)10)6-12-11-2;9-5-4-7-2-1-3-8(10)6-7/h3-6,11H,1-2H3;1-3,5-6,10H,4H2/b12-6+;. The number of hydrogen-bond acceptors (Lipinski definition) is 4. The van der Waals surface area contributed by atoms with Crippen LogP contribution in [0.25, 0.3) is 0 Å². The first-order valence-corrected chi connectivity index (χ1v) is 7.12. The smallest absolute Gasteiger partial charge is 0.124 e. The van der Waals surface area contributed by atoms with Crippen molar-refractivity contribution in [3.63, 3.8) is 0 Å². The van der Waals surface area contributed by atoms with E-state index >= 15 is 0 Å². The Labute approximate surface area is 135 Å². The fourth-order valence-corrected chi connectivity index (χ4v) is 1.86. The van der Waals surface area contributed by atoms with Crippen molar-refractivity contribution < 1.29 is 9.90 Å². The molecule has 116 valence electrons. The van der Waals surface area contributed by atoms with Gasteiger partial charge in [0.15, 0.2) is 0 Å². The van der Waals surface area contributed by atoms with Gasteiger partial charge in [-0.1, -0.05) is 41.9 Å². The largest absolute Gasteiger partial charge is 0.508 e. The van der Waals surface area contributed by atoms with Crippen molar-refractivity contribution >= 4 is 24.1 Å². The van der Waals surface area contributed by atoms with Crippen LogP contribution in [0.4, 0.5) is 0 Å². The molecule has 22 heavy (non-hydrogen) atoms. The summed E-state index contributed by atoms with van der Waals surface area (Å²) in [7, 11) is 1.75. The maximum absolute atomic E-state index is 10.0. The lowest BCUT2D eigenvalue weighted by Crippen LogP contribution is -1.95. The van der Waals surface area contributed by atoms with Crippen LogP contribution in [0.1, 0.15) is 16.7 Å². The maximum Gasteiger partial charge on any atom is 0.124 e.